The van der Waals surface area contributed by atoms with Gasteiger partial charge in [0.05, 0.1) is 6.61 Å². The van der Waals surface area contributed by atoms with Crippen LogP contribution in [0.25, 0.3) is 0 Å². The van der Waals surface area contributed by atoms with E-state index in [2.05, 4.69) is 26.2 Å². The highest BCUT2D eigenvalue weighted by Gasteiger charge is 2.13. The van der Waals surface area contributed by atoms with Gasteiger partial charge >= 0.3 is 5.97 Å². The largest absolute Gasteiger partial charge is 0.461 e. The Kier molecular flexibility index (Phi) is 4.21. The highest BCUT2D eigenvalue weighted by atomic mass is 79.9. The van der Waals surface area contributed by atoms with Gasteiger partial charge in [-0.25, -0.2) is 4.79 Å². The zero-order chi connectivity index (χ0) is 13.8. The van der Waals surface area contributed by atoms with Gasteiger partial charge in [-0.3, -0.25) is 0 Å². The van der Waals surface area contributed by atoms with Crippen molar-refractivity contribution in [2.75, 3.05) is 11.9 Å². The van der Waals surface area contributed by atoms with Crippen LogP contribution in [-0.4, -0.2) is 17.6 Å². The van der Waals surface area contributed by atoms with Gasteiger partial charge in [0.25, 0.3) is 6.01 Å². The first-order chi connectivity index (χ1) is 9.10. The molecule has 5 nitrogen and oxygen atoms in total. The third-order valence-electron chi connectivity index (χ3n) is 2.41. The molecule has 0 saturated carbocycles. The number of oxazole rings is 1. The molecule has 0 aliphatic carbocycles. The molecule has 0 amide bonds. The molecular weight excluding hydrogens is 312 g/mol. The first-order valence-corrected chi connectivity index (χ1v) is 6.55. The number of hydrogen-bond donors (Lipinski definition) is 1. The number of halogens is 1. The minimum atomic E-state index is -0.496. The molecular formula is C13H13BrN2O3. The predicted octanol–water partition coefficient (Wildman–Crippen LogP) is 3.67. The van der Waals surface area contributed by atoms with Crippen molar-refractivity contribution in [2.45, 2.75) is 13.8 Å². The second-order valence-electron chi connectivity index (χ2n) is 3.85. The summed E-state index contributed by atoms with van der Waals surface area (Å²) < 4.78 is 11.0. The first-order valence-electron chi connectivity index (χ1n) is 5.76. The van der Waals surface area contributed by atoms with E-state index in [9.17, 15) is 4.79 Å². The average Bonchev–Trinajstić information content (AvgIpc) is 2.83. The molecule has 0 bridgehead atoms. The van der Waals surface area contributed by atoms with E-state index in [-0.39, 0.29) is 11.7 Å². The minimum absolute atomic E-state index is 0.149. The summed E-state index contributed by atoms with van der Waals surface area (Å²) >= 11 is 3.44. The van der Waals surface area contributed by atoms with Crippen molar-refractivity contribution in [3.8, 4) is 0 Å². The van der Waals surface area contributed by atoms with Gasteiger partial charge in [0.1, 0.15) is 6.26 Å². The summed E-state index contributed by atoms with van der Waals surface area (Å²) in [5.41, 5.74) is 2.09. The van der Waals surface area contributed by atoms with E-state index in [1.807, 2.05) is 25.1 Å². The number of esters is 1. The Morgan fingerprint density at radius 1 is 1.53 bits per heavy atom. The number of nitrogens with one attached hydrogen (secondary N) is 1. The molecule has 0 fully saturated rings. The number of benzene rings is 1. The monoisotopic (exact) mass is 324 g/mol. The highest BCUT2D eigenvalue weighted by Crippen LogP contribution is 2.23. The van der Waals surface area contributed by atoms with Crippen molar-refractivity contribution in [2.24, 2.45) is 0 Å². The van der Waals surface area contributed by atoms with Crippen LogP contribution < -0.4 is 5.32 Å². The van der Waals surface area contributed by atoms with Gasteiger partial charge in [-0.15, -0.1) is 0 Å². The number of rotatable bonds is 4. The molecule has 0 unspecified atom stereocenters. The molecule has 0 spiro atoms. The highest BCUT2D eigenvalue weighted by molar-refractivity contribution is 9.10. The lowest BCUT2D eigenvalue weighted by Crippen LogP contribution is -2.04. The molecule has 0 saturated heterocycles. The maximum atomic E-state index is 11.4. The molecule has 6 heteroatoms. The lowest BCUT2D eigenvalue weighted by atomic mass is 10.2. The van der Waals surface area contributed by atoms with Crippen LogP contribution in [-0.2, 0) is 4.74 Å². The Labute approximate surface area is 119 Å². The van der Waals surface area contributed by atoms with E-state index in [0.29, 0.717) is 6.61 Å². The standard InChI is InChI=1S/C13H13BrN2O3/c1-3-18-12(17)11-7-19-13(16-11)15-9-5-4-8(2)10(14)6-9/h4-7H,3H2,1-2H3,(H,15,16). The van der Waals surface area contributed by atoms with Crippen molar-refractivity contribution < 1.29 is 13.9 Å². The molecule has 2 rings (SSSR count). The van der Waals surface area contributed by atoms with Crippen LogP contribution >= 0.6 is 15.9 Å². The Morgan fingerprint density at radius 2 is 2.32 bits per heavy atom. The first kappa shape index (κ1) is 13.6. The van der Waals surface area contributed by atoms with Gasteiger partial charge in [-0.1, -0.05) is 22.0 Å². The molecule has 1 aromatic heterocycles. The molecule has 0 atom stereocenters. The van der Waals surface area contributed by atoms with Crippen LogP contribution in [0.4, 0.5) is 11.7 Å². The van der Waals surface area contributed by atoms with Crippen molar-refractivity contribution in [3.63, 3.8) is 0 Å². The number of carbonyl (C=O) groups is 1. The Balaban J connectivity index is 2.11. The lowest BCUT2D eigenvalue weighted by molar-refractivity contribution is 0.0519. The summed E-state index contributed by atoms with van der Waals surface area (Å²) in [6, 6.07) is 6.01. The molecule has 0 radical (unpaired) electrons. The molecule has 0 aliphatic heterocycles. The van der Waals surface area contributed by atoms with E-state index < -0.39 is 5.97 Å². The molecule has 2 aromatic rings. The van der Waals surface area contributed by atoms with E-state index in [4.69, 9.17) is 9.15 Å². The number of aromatic nitrogens is 1. The zero-order valence-corrected chi connectivity index (χ0v) is 12.2. The van der Waals surface area contributed by atoms with Crippen LogP contribution in [0.5, 0.6) is 0 Å². The van der Waals surface area contributed by atoms with Crippen molar-refractivity contribution >= 4 is 33.6 Å². The van der Waals surface area contributed by atoms with Gasteiger partial charge in [-0.2, -0.15) is 4.98 Å². The third kappa shape index (κ3) is 3.35. The van der Waals surface area contributed by atoms with E-state index >= 15 is 0 Å². The Bertz CT molecular complexity index is 595. The summed E-state index contributed by atoms with van der Waals surface area (Å²) in [6.45, 7) is 4.04. The summed E-state index contributed by atoms with van der Waals surface area (Å²) in [5.74, 6) is -0.496. The van der Waals surface area contributed by atoms with Gasteiger partial charge < -0.3 is 14.5 Å². The Morgan fingerprint density at radius 3 is 3.00 bits per heavy atom. The average molecular weight is 325 g/mol. The summed E-state index contributed by atoms with van der Waals surface area (Å²) in [6.07, 6.45) is 1.27. The zero-order valence-electron chi connectivity index (χ0n) is 10.6. The second kappa shape index (κ2) is 5.88. The number of anilines is 2. The van der Waals surface area contributed by atoms with Crippen LogP contribution in [0.3, 0.4) is 0 Å². The van der Waals surface area contributed by atoms with E-state index in [0.717, 1.165) is 15.7 Å². The smallest absolute Gasteiger partial charge is 0.360 e. The third-order valence-corrected chi connectivity index (χ3v) is 3.27. The summed E-state index contributed by atoms with van der Waals surface area (Å²) in [4.78, 5) is 15.4. The van der Waals surface area contributed by atoms with Gasteiger partial charge in [0.2, 0.25) is 0 Å². The fraction of sp³-hybridized carbons (Fsp3) is 0.231. The maximum absolute atomic E-state index is 11.4. The predicted molar refractivity (Wildman–Crippen MR) is 74.6 cm³/mol. The maximum Gasteiger partial charge on any atom is 0.360 e. The fourth-order valence-corrected chi connectivity index (χ4v) is 1.80. The molecule has 19 heavy (non-hydrogen) atoms. The molecule has 1 heterocycles. The van der Waals surface area contributed by atoms with Crippen molar-refractivity contribution in [3.05, 3.63) is 40.2 Å². The summed E-state index contributed by atoms with van der Waals surface area (Å²) in [5, 5.41) is 2.97. The van der Waals surface area contributed by atoms with Crippen LogP contribution in [0.2, 0.25) is 0 Å². The molecule has 1 aromatic carbocycles. The number of aryl methyl sites for hydroxylation is 1. The normalized spacial score (nSPS) is 10.3. The quantitative estimate of drug-likeness (QED) is 0.869. The van der Waals surface area contributed by atoms with E-state index in [1.165, 1.54) is 6.26 Å². The van der Waals surface area contributed by atoms with Crippen LogP contribution in [0, 0.1) is 6.92 Å². The SMILES string of the molecule is CCOC(=O)c1coc(Nc2ccc(C)c(Br)c2)n1. The van der Waals surface area contributed by atoms with Gasteiger partial charge in [-0.05, 0) is 31.5 Å². The van der Waals surface area contributed by atoms with Crippen LogP contribution in [0.15, 0.2) is 33.4 Å². The minimum Gasteiger partial charge on any atom is -0.461 e. The molecule has 0 aliphatic rings. The number of carbonyl (C=O) groups excluding carboxylic acids is 1. The Hall–Kier alpha value is -1.82. The number of nitrogens with zero attached hydrogens (tertiary/aromatic N) is 1. The van der Waals surface area contributed by atoms with Gasteiger partial charge in [0.15, 0.2) is 5.69 Å². The number of ether oxygens (including phenoxy) is 1. The van der Waals surface area contributed by atoms with Crippen molar-refractivity contribution in [1.82, 2.24) is 4.98 Å². The van der Waals surface area contributed by atoms with E-state index in [1.54, 1.807) is 6.92 Å². The van der Waals surface area contributed by atoms with Crippen LogP contribution in [0.1, 0.15) is 23.0 Å². The fourth-order valence-electron chi connectivity index (χ4n) is 1.42. The second-order valence-corrected chi connectivity index (χ2v) is 4.70. The topological polar surface area (TPSA) is 64.4 Å². The molecule has 1 N–H and O–H groups in total. The lowest BCUT2D eigenvalue weighted by Gasteiger charge is -2.03. The van der Waals surface area contributed by atoms with Gasteiger partial charge in [0, 0.05) is 10.2 Å². The molecule has 100 valence electrons. The number of hydrogen-bond acceptors (Lipinski definition) is 5. The van der Waals surface area contributed by atoms with Crippen molar-refractivity contribution in [1.29, 1.82) is 0 Å². The summed E-state index contributed by atoms with van der Waals surface area (Å²) in [7, 11) is 0.